The van der Waals surface area contributed by atoms with Crippen LogP contribution in [0.1, 0.15) is 13.3 Å². The molecule has 0 saturated heterocycles. The quantitative estimate of drug-likeness (QED) is 0.932. The zero-order chi connectivity index (χ0) is 12.4. The molecule has 2 aromatic rings. The molecular weight excluding hydrogens is 302 g/mol. The van der Waals surface area contributed by atoms with Gasteiger partial charge in [0.1, 0.15) is 11.5 Å². The van der Waals surface area contributed by atoms with Gasteiger partial charge < -0.3 is 10.3 Å². The van der Waals surface area contributed by atoms with Crippen LogP contribution in [0, 0.1) is 0 Å². The average molecular weight is 315 g/mol. The van der Waals surface area contributed by atoms with Gasteiger partial charge in [0, 0.05) is 16.6 Å². The maximum Gasteiger partial charge on any atom is 0.131 e. The highest BCUT2D eigenvalue weighted by Crippen LogP contribution is 2.33. The zero-order valence-electron chi connectivity index (χ0n) is 9.45. The van der Waals surface area contributed by atoms with Crippen LogP contribution in [-0.4, -0.2) is 9.55 Å². The van der Waals surface area contributed by atoms with Crippen LogP contribution in [0.5, 0.6) is 0 Å². The first kappa shape index (κ1) is 12.5. The summed E-state index contributed by atoms with van der Waals surface area (Å²) in [6.45, 7) is 2.97. The van der Waals surface area contributed by atoms with Crippen LogP contribution in [0.25, 0.3) is 11.3 Å². The van der Waals surface area contributed by atoms with Crippen LogP contribution in [0.2, 0.25) is 5.02 Å². The van der Waals surface area contributed by atoms with E-state index < -0.39 is 0 Å². The second-order valence-corrected chi connectivity index (χ2v) is 5.12. The minimum atomic E-state index is 0.654. The molecule has 2 rings (SSSR count). The highest BCUT2D eigenvalue weighted by Gasteiger charge is 2.12. The number of hydrogen-bond acceptors (Lipinski definition) is 2. The van der Waals surface area contributed by atoms with Gasteiger partial charge in [0.25, 0.3) is 0 Å². The van der Waals surface area contributed by atoms with Crippen LogP contribution >= 0.6 is 27.5 Å². The molecule has 0 aliphatic carbocycles. The molecule has 5 heteroatoms. The van der Waals surface area contributed by atoms with Gasteiger partial charge in [0.15, 0.2) is 0 Å². The zero-order valence-corrected chi connectivity index (χ0v) is 11.8. The van der Waals surface area contributed by atoms with Gasteiger partial charge in [-0.1, -0.05) is 34.5 Å². The Labute approximate surface area is 114 Å². The summed E-state index contributed by atoms with van der Waals surface area (Å²) >= 11 is 9.59. The number of aromatic nitrogens is 2. The lowest BCUT2D eigenvalue weighted by Crippen LogP contribution is -2.01. The number of benzene rings is 1. The molecule has 90 valence electrons. The molecule has 0 radical (unpaired) electrons. The van der Waals surface area contributed by atoms with Crippen molar-refractivity contribution in [2.45, 2.75) is 19.9 Å². The smallest absolute Gasteiger partial charge is 0.131 e. The van der Waals surface area contributed by atoms with Crippen molar-refractivity contribution in [3.05, 3.63) is 34.0 Å². The highest BCUT2D eigenvalue weighted by molar-refractivity contribution is 9.10. The van der Waals surface area contributed by atoms with E-state index in [1.807, 2.05) is 22.8 Å². The monoisotopic (exact) mass is 313 g/mol. The van der Waals surface area contributed by atoms with Gasteiger partial charge >= 0.3 is 0 Å². The summed E-state index contributed by atoms with van der Waals surface area (Å²) in [5, 5.41) is 0.654. The molecule has 0 unspecified atom stereocenters. The minimum Gasteiger partial charge on any atom is -0.383 e. The maximum atomic E-state index is 6.16. The van der Waals surface area contributed by atoms with Gasteiger partial charge in [-0.2, -0.15) is 0 Å². The van der Waals surface area contributed by atoms with E-state index in [-0.39, 0.29) is 0 Å². The van der Waals surface area contributed by atoms with E-state index in [0.29, 0.717) is 10.8 Å². The van der Waals surface area contributed by atoms with Gasteiger partial charge in [-0.05, 0) is 24.6 Å². The van der Waals surface area contributed by atoms with Gasteiger partial charge in [0.2, 0.25) is 0 Å². The van der Waals surface area contributed by atoms with E-state index in [1.54, 1.807) is 6.33 Å². The first-order chi connectivity index (χ1) is 8.13. The van der Waals surface area contributed by atoms with Crippen LogP contribution in [0.15, 0.2) is 29.0 Å². The number of hydrogen-bond donors (Lipinski definition) is 1. The number of aryl methyl sites for hydroxylation is 1. The van der Waals surface area contributed by atoms with Gasteiger partial charge in [-0.3, -0.25) is 0 Å². The number of rotatable bonds is 3. The average Bonchev–Trinajstić information content (AvgIpc) is 2.65. The summed E-state index contributed by atoms with van der Waals surface area (Å²) < 4.78 is 2.90. The summed E-state index contributed by atoms with van der Waals surface area (Å²) in [4.78, 5) is 4.34. The highest BCUT2D eigenvalue weighted by atomic mass is 79.9. The van der Waals surface area contributed by atoms with Crippen molar-refractivity contribution in [2.24, 2.45) is 0 Å². The first-order valence-corrected chi connectivity index (χ1v) is 6.56. The molecule has 0 saturated carbocycles. The number of nitrogens with zero attached hydrogens (tertiary/aromatic N) is 2. The fourth-order valence-corrected chi connectivity index (χ4v) is 2.27. The predicted octanol–water partition coefficient (Wildman–Crippen LogP) is 3.96. The number of nitrogen functional groups attached to an aromatic ring is 1. The van der Waals surface area contributed by atoms with Gasteiger partial charge in [0.05, 0.1) is 11.3 Å². The van der Waals surface area contributed by atoms with Crippen molar-refractivity contribution in [2.75, 3.05) is 5.73 Å². The lowest BCUT2D eigenvalue weighted by molar-refractivity contribution is 0.686. The lowest BCUT2D eigenvalue weighted by Gasteiger charge is -2.05. The Morgan fingerprint density at radius 3 is 2.94 bits per heavy atom. The molecule has 0 bridgehead atoms. The molecule has 0 aliphatic rings. The van der Waals surface area contributed by atoms with E-state index in [4.69, 9.17) is 17.3 Å². The molecule has 2 N–H and O–H groups in total. The Kier molecular flexibility index (Phi) is 3.74. The second kappa shape index (κ2) is 5.10. The molecule has 0 spiro atoms. The van der Waals surface area contributed by atoms with Gasteiger partial charge in [-0.15, -0.1) is 0 Å². The number of nitrogens with two attached hydrogens (primary N) is 1. The molecule has 0 fully saturated rings. The lowest BCUT2D eigenvalue weighted by atomic mass is 10.1. The number of anilines is 1. The van der Waals surface area contributed by atoms with Crippen LogP contribution in [0.4, 0.5) is 5.82 Å². The van der Waals surface area contributed by atoms with Crippen molar-refractivity contribution in [3.63, 3.8) is 0 Å². The summed E-state index contributed by atoms with van der Waals surface area (Å²) in [6, 6.07) is 5.65. The Morgan fingerprint density at radius 1 is 1.47 bits per heavy atom. The van der Waals surface area contributed by atoms with Crippen LogP contribution in [-0.2, 0) is 6.54 Å². The van der Waals surface area contributed by atoms with Crippen molar-refractivity contribution in [1.29, 1.82) is 0 Å². The number of imidazole rings is 1. The third kappa shape index (κ3) is 2.48. The van der Waals surface area contributed by atoms with E-state index in [1.165, 1.54) is 0 Å². The Morgan fingerprint density at radius 2 is 2.24 bits per heavy atom. The Hall–Kier alpha value is -1.00. The summed E-state index contributed by atoms with van der Waals surface area (Å²) in [5.41, 5.74) is 7.66. The second-order valence-electron chi connectivity index (χ2n) is 3.80. The molecule has 1 aromatic heterocycles. The Bertz CT molecular complexity index is 537. The topological polar surface area (TPSA) is 43.8 Å². The standard InChI is InChI=1S/C12H13BrClN3/c1-2-5-17-7-16-11(12(17)15)9-6-8(13)3-4-10(9)14/h3-4,6-7H,2,5,15H2,1H3. The third-order valence-corrected chi connectivity index (χ3v) is 3.35. The van der Waals surface area contributed by atoms with Crippen molar-refractivity contribution in [1.82, 2.24) is 9.55 Å². The summed E-state index contributed by atoms with van der Waals surface area (Å²) in [7, 11) is 0. The molecular formula is C12H13BrClN3. The fourth-order valence-electron chi connectivity index (χ4n) is 1.70. The van der Waals surface area contributed by atoms with E-state index in [0.717, 1.165) is 28.7 Å². The van der Waals surface area contributed by atoms with E-state index >= 15 is 0 Å². The third-order valence-electron chi connectivity index (χ3n) is 2.53. The first-order valence-electron chi connectivity index (χ1n) is 5.39. The van der Waals surface area contributed by atoms with Crippen molar-refractivity contribution < 1.29 is 0 Å². The van der Waals surface area contributed by atoms with Crippen molar-refractivity contribution in [3.8, 4) is 11.3 Å². The largest absolute Gasteiger partial charge is 0.383 e. The van der Waals surface area contributed by atoms with Crippen molar-refractivity contribution >= 4 is 33.3 Å². The molecule has 0 amide bonds. The molecule has 1 heterocycles. The minimum absolute atomic E-state index is 0.654. The fraction of sp³-hybridized carbons (Fsp3) is 0.250. The summed E-state index contributed by atoms with van der Waals surface area (Å²) in [5.74, 6) is 0.659. The van der Waals surface area contributed by atoms with E-state index in [2.05, 4.69) is 27.8 Å². The predicted molar refractivity (Wildman–Crippen MR) is 75.1 cm³/mol. The SMILES string of the molecule is CCCn1cnc(-c2cc(Br)ccc2Cl)c1N. The molecule has 1 aromatic carbocycles. The molecule has 0 atom stereocenters. The Balaban J connectivity index is 2.49. The molecule has 3 nitrogen and oxygen atoms in total. The number of halogens is 2. The van der Waals surface area contributed by atoms with Crippen LogP contribution in [0.3, 0.4) is 0 Å². The molecule has 0 aliphatic heterocycles. The van der Waals surface area contributed by atoms with Crippen LogP contribution < -0.4 is 5.73 Å². The van der Waals surface area contributed by atoms with E-state index in [9.17, 15) is 0 Å². The normalized spacial score (nSPS) is 10.8. The summed E-state index contributed by atoms with van der Waals surface area (Å²) in [6.07, 6.45) is 2.78. The maximum absolute atomic E-state index is 6.16. The molecule has 17 heavy (non-hydrogen) atoms. The van der Waals surface area contributed by atoms with Gasteiger partial charge in [-0.25, -0.2) is 4.98 Å².